The zero-order valence-electron chi connectivity index (χ0n) is 17.5. The molecule has 1 atom stereocenters. The number of halogens is 2. The molecule has 0 aliphatic rings. The monoisotopic (exact) mass is 453 g/mol. The molecule has 0 bridgehead atoms. The summed E-state index contributed by atoms with van der Waals surface area (Å²) >= 11 is 0. The molecule has 0 aliphatic carbocycles. The van der Waals surface area contributed by atoms with Crippen LogP contribution in [0.3, 0.4) is 0 Å². The van der Waals surface area contributed by atoms with Crippen LogP contribution < -0.4 is 4.74 Å². The average molecular weight is 454 g/mol. The minimum Gasteiger partial charge on any atom is -0.490 e. The largest absolute Gasteiger partial charge is 0.490 e. The lowest BCUT2D eigenvalue weighted by Gasteiger charge is -2.16. The van der Waals surface area contributed by atoms with Gasteiger partial charge in [-0.3, -0.25) is 4.79 Å². The topological polar surface area (TPSA) is 51.5 Å². The van der Waals surface area contributed by atoms with Crippen LogP contribution in [-0.2, 0) is 13.0 Å². The van der Waals surface area contributed by atoms with Crippen molar-refractivity contribution in [2.75, 3.05) is 6.61 Å². The molecule has 4 aromatic rings. The molecule has 4 nitrogen and oxygen atoms in total. The van der Waals surface area contributed by atoms with E-state index in [4.69, 9.17) is 4.74 Å². The van der Waals surface area contributed by atoms with Gasteiger partial charge in [0.2, 0.25) is 0 Å². The molecule has 4 rings (SSSR count). The smallest absolute Gasteiger partial charge is 0.167 e. The summed E-state index contributed by atoms with van der Waals surface area (Å²) in [6.07, 6.45) is 1.96. The molecule has 1 heterocycles. The minimum absolute atomic E-state index is 0. The molecule has 0 saturated heterocycles. The number of aliphatic hydroxyl groups excluding tert-OH is 1. The first-order valence-corrected chi connectivity index (χ1v) is 10.3. The zero-order chi connectivity index (χ0) is 21.6. The van der Waals surface area contributed by atoms with Gasteiger partial charge in [-0.2, -0.15) is 0 Å². The highest BCUT2D eigenvalue weighted by Gasteiger charge is 2.16. The van der Waals surface area contributed by atoms with Gasteiger partial charge in [0.15, 0.2) is 5.78 Å². The molecule has 0 aliphatic heterocycles. The number of hydrogen-bond donors (Lipinski definition) is 1. The second-order valence-electron chi connectivity index (χ2n) is 7.54. The molecule has 1 unspecified atom stereocenters. The van der Waals surface area contributed by atoms with Crippen LogP contribution in [0.4, 0.5) is 4.39 Å². The number of aromatic nitrogens is 1. The van der Waals surface area contributed by atoms with Crippen LogP contribution in [0.5, 0.6) is 5.75 Å². The number of ketones is 1. The number of para-hydroxylation sites is 1. The zero-order valence-corrected chi connectivity index (χ0v) is 18.3. The van der Waals surface area contributed by atoms with E-state index in [1.165, 1.54) is 18.2 Å². The van der Waals surface area contributed by atoms with Gasteiger partial charge in [0, 0.05) is 18.1 Å². The molecule has 3 aromatic carbocycles. The second-order valence-corrected chi connectivity index (χ2v) is 7.54. The summed E-state index contributed by atoms with van der Waals surface area (Å²) in [7, 11) is 0. The minimum atomic E-state index is -0.784. The Morgan fingerprint density at radius 2 is 1.75 bits per heavy atom. The first-order chi connectivity index (χ1) is 15.1. The highest BCUT2D eigenvalue weighted by atomic mass is 35.5. The van der Waals surface area contributed by atoms with E-state index in [-0.39, 0.29) is 42.5 Å². The maximum Gasteiger partial charge on any atom is 0.167 e. The van der Waals surface area contributed by atoms with Gasteiger partial charge in [-0.25, -0.2) is 4.39 Å². The Morgan fingerprint density at radius 1 is 1.00 bits per heavy atom. The molecule has 0 spiro atoms. The molecule has 1 aromatic heterocycles. The number of ether oxygens (including phenoxy) is 1. The normalized spacial score (nSPS) is 11.7. The quantitative estimate of drug-likeness (QED) is 0.342. The van der Waals surface area contributed by atoms with Crippen molar-refractivity contribution in [3.05, 3.63) is 102 Å². The van der Waals surface area contributed by atoms with Crippen molar-refractivity contribution in [1.82, 2.24) is 4.57 Å². The fourth-order valence-electron chi connectivity index (χ4n) is 3.65. The van der Waals surface area contributed by atoms with E-state index < -0.39 is 11.9 Å². The van der Waals surface area contributed by atoms with E-state index in [1.54, 1.807) is 0 Å². The summed E-state index contributed by atoms with van der Waals surface area (Å²) in [6, 6.07) is 23.5. The third-order valence-electron chi connectivity index (χ3n) is 5.24. The van der Waals surface area contributed by atoms with E-state index in [0.29, 0.717) is 13.0 Å². The van der Waals surface area contributed by atoms with E-state index in [1.807, 2.05) is 71.4 Å². The van der Waals surface area contributed by atoms with E-state index in [0.717, 1.165) is 16.5 Å². The van der Waals surface area contributed by atoms with Crippen LogP contribution in [0.1, 0.15) is 22.3 Å². The van der Waals surface area contributed by atoms with Gasteiger partial charge in [-0.1, -0.05) is 48.5 Å². The lowest BCUT2D eigenvalue weighted by atomic mass is 10.0. The SMILES string of the molecule is Cl.O=C(CCc1ccccc1)c1cc(F)ccc1OCC(O)Cn1ccc2ccccc21. The predicted octanol–water partition coefficient (Wildman–Crippen LogP) is 5.46. The third-order valence-corrected chi connectivity index (χ3v) is 5.24. The maximum atomic E-state index is 13.8. The first kappa shape index (κ1) is 23.5. The molecule has 0 amide bonds. The summed E-state index contributed by atoms with van der Waals surface area (Å²) in [5, 5.41) is 11.6. The number of hydrogen-bond acceptors (Lipinski definition) is 3. The van der Waals surface area contributed by atoms with Gasteiger partial charge in [-0.15, -0.1) is 12.4 Å². The highest BCUT2D eigenvalue weighted by Crippen LogP contribution is 2.23. The van der Waals surface area contributed by atoms with Crippen molar-refractivity contribution < 1.29 is 19.0 Å². The van der Waals surface area contributed by atoms with Crippen molar-refractivity contribution in [2.45, 2.75) is 25.5 Å². The molecular weight excluding hydrogens is 429 g/mol. The van der Waals surface area contributed by atoms with Crippen molar-refractivity contribution in [1.29, 1.82) is 0 Å². The number of fused-ring (bicyclic) bond motifs is 1. The van der Waals surface area contributed by atoms with Crippen LogP contribution in [0.15, 0.2) is 85.1 Å². The number of aliphatic hydroxyl groups is 1. The number of Topliss-reactive ketones (excluding diaryl/α,β-unsaturated/α-hetero) is 1. The molecule has 166 valence electrons. The fourth-order valence-corrected chi connectivity index (χ4v) is 3.65. The maximum absolute atomic E-state index is 13.8. The Balaban J connectivity index is 0.00000289. The third kappa shape index (κ3) is 5.75. The van der Waals surface area contributed by atoms with Crippen LogP contribution >= 0.6 is 12.4 Å². The lowest BCUT2D eigenvalue weighted by Crippen LogP contribution is -2.23. The van der Waals surface area contributed by atoms with Gasteiger partial charge in [0.05, 0.1) is 12.1 Å². The number of carbonyl (C=O) groups excluding carboxylic acids is 1. The number of rotatable bonds is 9. The average Bonchev–Trinajstić information content (AvgIpc) is 3.20. The van der Waals surface area contributed by atoms with Crippen LogP contribution in [-0.4, -0.2) is 28.2 Å². The van der Waals surface area contributed by atoms with E-state index in [9.17, 15) is 14.3 Å². The van der Waals surface area contributed by atoms with Gasteiger partial charge >= 0.3 is 0 Å². The van der Waals surface area contributed by atoms with Gasteiger partial charge < -0.3 is 14.4 Å². The van der Waals surface area contributed by atoms with Gasteiger partial charge in [0.25, 0.3) is 0 Å². The second kappa shape index (κ2) is 10.9. The molecule has 0 fully saturated rings. The van der Waals surface area contributed by atoms with Gasteiger partial charge in [0.1, 0.15) is 24.3 Å². The van der Waals surface area contributed by atoms with E-state index >= 15 is 0 Å². The summed E-state index contributed by atoms with van der Waals surface area (Å²) in [5.74, 6) is -0.394. The standard InChI is InChI=1S/C26H24FNO3.ClH/c27-21-11-13-26(23(16-21)25(30)12-10-19-6-2-1-3-7-19)31-18-22(29)17-28-15-14-20-8-4-5-9-24(20)28;/h1-9,11,13-16,22,29H,10,12,17-18H2;1H. The summed E-state index contributed by atoms with van der Waals surface area (Å²) in [6.45, 7) is 0.350. The number of nitrogens with zero attached hydrogens (tertiary/aromatic N) is 1. The molecule has 32 heavy (non-hydrogen) atoms. The van der Waals surface area contributed by atoms with E-state index in [2.05, 4.69) is 0 Å². The van der Waals surface area contributed by atoms with Crippen LogP contribution in [0.2, 0.25) is 0 Å². The predicted molar refractivity (Wildman–Crippen MR) is 126 cm³/mol. The molecule has 0 saturated carbocycles. The fraction of sp³-hybridized carbons (Fsp3) is 0.192. The molecular formula is C26H25ClFNO3. The summed E-state index contributed by atoms with van der Waals surface area (Å²) < 4.78 is 21.5. The van der Waals surface area contributed by atoms with Crippen LogP contribution in [0, 0.1) is 5.82 Å². The Hall–Kier alpha value is -3.15. The van der Waals surface area contributed by atoms with Gasteiger partial charge in [-0.05, 0) is 47.7 Å². The molecule has 0 radical (unpaired) electrons. The first-order valence-electron chi connectivity index (χ1n) is 10.3. The Kier molecular flexibility index (Phi) is 8.03. The van der Waals surface area contributed by atoms with Crippen molar-refractivity contribution in [2.24, 2.45) is 0 Å². The molecule has 1 N–H and O–H groups in total. The lowest BCUT2D eigenvalue weighted by molar-refractivity contribution is 0.0895. The Morgan fingerprint density at radius 3 is 2.56 bits per heavy atom. The van der Waals surface area contributed by atoms with Crippen LogP contribution in [0.25, 0.3) is 10.9 Å². The highest BCUT2D eigenvalue weighted by molar-refractivity contribution is 5.98. The van der Waals surface area contributed by atoms with Crippen molar-refractivity contribution >= 4 is 29.1 Å². The number of carbonyl (C=O) groups is 1. The number of benzene rings is 3. The Labute approximate surface area is 192 Å². The summed E-state index contributed by atoms with van der Waals surface area (Å²) in [4.78, 5) is 12.7. The van der Waals surface area contributed by atoms with Crippen molar-refractivity contribution in [3.63, 3.8) is 0 Å². The van der Waals surface area contributed by atoms with Crippen molar-refractivity contribution in [3.8, 4) is 5.75 Å². The Bertz CT molecular complexity index is 1180. The number of aryl methyl sites for hydroxylation is 1. The molecule has 6 heteroatoms. The summed E-state index contributed by atoms with van der Waals surface area (Å²) in [5.41, 5.74) is 2.28.